The first-order valence-corrected chi connectivity index (χ1v) is 8.12. The molecule has 0 fully saturated rings. The summed E-state index contributed by atoms with van der Waals surface area (Å²) in [5.74, 6) is -0.283. The van der Waals surface area contributed by atoms with Gasteiger partial charge < -0.3 is 14.6 Å². The smallest absolute Gasteiger partial charge is 0.338 e. The largest absolute Gasteiger partial charge is 0.462 e. The molecule has 0 aliphatic rings. The normalized spacial score (nSPS) is 10.3. The predicted octanol–water partition coefficient (Wildman–Crippen LogP) is 2.11. The van der Waals surface area contributed by atoms with E-state index in [1.54, 1.807) is 35.2 Å². The van der Waals surface area contributed by atoms with E-state index in [0.717, 1.165) is 6.42 Å². The first-order chi connectivity index (χ1) is 11.1. The molecule has 1 N–H and O–H groups in total. The molecule has 23 heavy (non-hydrogen) atoms. The van der Waals surface area contributed by atoms with Crippen LogP contribution < -0.4 is 5.32 Å². The van der Waals surface area contributed by atoms with Gasteiger partial charge in [0.25, 0.3) is 0 Å². The van der Waals surface area contributed by atoms with Crippen molar-refractivity contribution in [2.45, 2.75) is 18.5 Å². The number of hydrogen-bond donors (Lipinski definition) is 1. The Kier molecular flexibility index (Phi) is 6.16. The average Bonchev–Trinajstić information content (AvgIpc) is 2.96. The number of thioether (sulfide) groups is 1. The number of anilines is 1. The second-order valence-electron chi connectivity index (χ2n) is 4.77. The zero-order valence-corrected chi connectivity index (χ0v) is 13.8. The number of aromatic nitrogens is 3. The number of hydrogen-bond acceptors (Lipinski definition) is 6. The number of esters is 1. The van der Waals surface area contributed by atoms with Crippen molar-refractivity contribution < 1.29 is 14.3 Å². The van der Waals surface area contributed by atoms with Crippen LogP contribution >= 0.6 is 11.8 Å². The molecule has 2 aromatic rings. The van der Waals surface area contributed by atoms with Gasteiger partial charge in [-0.05, 0) is 30.7 Å². The number of nitrogens with one attached hydrogen (secondary N) is 1. The standard InChI is InChI=1S/C15H18N4O3S/c1-3-8-22-14(21)11-4-6-12(7-5-11)17-13(20)9-23-15-18-16-10-19(15)2/h4-7,10H,3,8-9H2,1-2H3,(H,17,20). The SMILES string of the molecule is CCCOC(=O)c1ccc(NC(=O)CSc2nncn2C)cc1. The van der Waals surface area contributed by atoms with Crippen LogP contribution in [0.5, 0.6) is 0 Å². The van der Waals surface area contributed by atoms with E-state index in [0.29, 0.717) is 23.0 Å². The van der Waals surface area contributed by atoms with Crippen LogP contribution in [-0.4, -0.2) is 39.0 Å². The van der Waals surface area contributed by atoms with Gasteiger partial charge in [-0.25, -0.2) is 4.79 Å². The molecule has 122 valence electrons. The topological polar surface area (TPSA) is 86.1 Å². The van der Waals surface area contributed by atoms with Gasteiger partial charge >= 0.3 is 5.97 Å². The molecular formula is C15H18N4O3S. The lowest BCUT2D eigenvalue weighted by Crippen LogP contribution is -2.14. The maximum absolute atomic E-state index is 11.9. The lowest BCUT2D eigenvalue weighted by Gasteiger charge is -2.06. The minimum atomic E-state index is -0.359. The average molecular weight is 334 g/mol. The first-order valence-electron chi connectivity index (χ1n) is 7.14. The summed E-state index contributed by atoms with van der Waals surface area (Å²) in [6, 6.07) is 6.60. The van der Waals surface area contributed by atoms with Gasteiger partial charge in [0.15, 0.2) is 5.16 Å². The van der Waals surface area contributed by atoms with Crippen molar-refractivity contribution in [2.75, 3.05) is 17.7 Å². The lowest BCUT2D eigenvalue weighted by molar-refractivity contribution is -0.113. The molecule has 0 aliphatic heterocycles. The molecule has 2 rings (SSSR count). The molecule has 1 aromatic heterocycles. The highest BCUT2D eigenvalue weighted by atomic mass is 32.2. The molecule has 0 saturated heterocycles. The van der Waals surface area contributed by atoms with Crippen LogP contribution in [0.1, 0.15) is 23.7 Å². The number of rotatable bonds is 7. The Balaban J connectivity index is 1.84. The summed E-state index contributed by atoms with van der Waals surface area (Å²) in [6.07, 6.45) is 2.36. The summed E-state index contributed by atoms with van der Waals surface area (Å²) in [6.45, 7) is 2.33. The van der Waals surface area contributed by atoms with Crippen molar-refractivity contribution in [3.8, 4) is 0 Å². The zero-order valence-electron chi connectivity index (χ0n) is 13.0. The molecule has 0 spiro atoms. The molecule has 1 amide bonds. The summed E-state index contributed by atoms with van der Waals surface area (Å²) < 4.78 is 6.79. The number of carbonyl (C=O) groups is 2. The fourth-order valence-corrected chi connectivity index (χ4v) is 2.39. The number of aryl methyl sites for hydroxylation is 1. The van der Waals surface area contributed by atoms with Crippen molar-refractivity contribution in [2.24, 2.45) is 7.05 Å². The van der Waals surface area contributed by atoms with Gasteiger partial charge in [0.05, 0.1) is 17.9 Å². The Morgan fingerprint density at radius 1 is 1.30 bits per heavy atom. The minimum Gasteiger partial charge on any atom is -0.462 e. The number of nitrogens with zero attached hydrogens (tertiary/aromatic N) is 3. The number of carbonyl (C=O) groups excluding carboxylic acids is 2. The monoisotopic (exact) mass is 334 g/mol. The highest BCUT2D eigenvalue weighted by Gasteiger charge is 2.09. The van der Waals surface area contributed by atoms with Crippen LogP contribution in [0, 0.1) is 0 Å². The maximum atomic E-state index is 11.9. The summed E-state index contributed by atoms with van der Waals surface area (Å²) in [5.41, 5.74) is 1.09. The van der Waals surface area contributed by atoms with E-state index < -0.39 is 0 Å². The van der Waals surface area contributed by atoms with Crippen molar-refractivity contribution >= 4 is 29.3 Å². The van der Waals surface area contributed by atoms with Crippen LogP contribution in [0.15, 0.2) is 35.7 Å². The Bertz CT molecular complexity index is 670. The second kappa shape index (κ2) is 8.33. The van der Waals surface area contributed by atoms with Gasteiger partial charge in [0.1, 0.15) is 6.33 Å². The molecule has 8 heteroatoms. The second-order valence-corrected chi connectivity index (χ2v) is 5.72. The third kappa shape index (κ3) is 5.10. The fourth-order valence-electron chi connectivity index (χ4n) is 1.70. The lowest BCUT2D eigenvalue weighted by atomic mass is 10.2. The molecule has 0 aliphatic carbocycles. The van der Waals surface area contributed by atoms with Crippen LogP contribution in [0.3, 0.4) is 0 Å². The molecular weight excluding hydrogens is 316 g/mol. The fraction of sp³-hybridized carbons (Fsp3) is 0.333. The van der Waals surface area contributed by atoms with Crippen LogP contribution in [-0.2, 0) is 16.6 Å². The Morgan fingerprint density at radius 2 is 2.04 bits per heavy atom. The summed E-state index contributed by atoms with van der Waals surface area (Å²) in [4.78, 5) is 23.6. The quantitative estimate of drug-likeness (QED) is 0.616. The first kappa shape index (κ1) is 17.0. The van der Waals surface area contributed by atoms with E-state index in [4.69, 9.17) is 4.74 Å². The molecule has 1 aromatic carbocycles. The van der Waals surface area contributed by atoms with E-state index in [1.807, 2.05) is 14.0 Å². The van der Waals surface area contributed by atoms with Crippen molar-refractivity contribution in [3.05, 3.63) is 36.2 Å². The molecule has 0 atom stereocenters. The van der Waals surface area contributed by atoms with Crippen LogP contribution in [0.2, 0.25) is 0 Å². The Morgan fingerprint density at radius 3 is 2.65 bits per heavy atom. The van der Waals surface area contributed by atoms with Gasteiger partial charge in [0, 0.05) is 12.7 Å². The molecule has 1 heterocycles. The Hall–Kier alpha value is -2.35. The van der Waals surface area contributed by atoms with Crippen molar-refractivity contribution in [3.63, 3.8) is 0 Å². The molecule has 0 saturated carbocycles. The molecule has 0 radical (unpaired) electrons. The van der Waals surface area contributed by atoms with Crippen molar-refractivity contribution in [1.29, 1.82) is 0 Å². The maximum Gasteiger partial charge on any atom is 0.338 e. The third-order valence-corrected chi connectivity index (χ3v) is 3.88. The van der Waals surface area contributed by atoms with Gasteiger partial charge in [-0.15, -0.1) is 10.2 Å². The van der Waals surface area contributed by atoms with E-state index in [9.17, 15) is 9.59 Å². The number of amides is 1. The van der Waals surface area contributed by atoms with Crippen LogP contribution in [0.25, 0.3) is 0 Å². The van der Waals surface area contributed by atoms with E-state index >= 15 is 0 Å². The van der Waals surface area contributed by atoms with Gasteiger partial charge in [-0.3, -0.25) is 4.79 Å². The van der Waals surface area contributed by atoms with Crippen molar-refractivity contribution in [1.82, 2.24) is 14.8 Å². The minimum absolute atomic E-state index is 0.153. The van der Waals surface area contributed by atoms with Gasteiger partial charge in [-0.2, -0.15) is 0 Å². The highest BCUT2D eigenvalue weighted by Crippen LogP contribution is 2.15. The number of ether oxygens (including phenoxy) is 1. The third-order valence-electron chi connectivity index (χ3n) is 2.84. The van der Waals surface area contributed by atoms with E-state index in [2.05, 4.69) is 15.5 Å². The molecule has 0 unspecified atom stereocenters. The van der Waals surface area contributed by atoms with E-state index in [-0.39, 0.29) is 17.6 Å². The predicted molar refractivity (Wildman–Crippen MR) is 87.4 cm³/mol. The van der Waals surface area contributed by atoms with Crippen LogP contribution in [0.4, 0.5) is 5.69 Å². The zero-order chi connectivity index (χ0) is 16.7. The summed E-state index contributed by atoms with van der Waals surface area (Å²) in [7, 11) is 1.82. The van der Waals surface area contributed by atoms with E-state index in [1.165, 1.54) is 11.8 Å². The summed E-state index contributed by atoms with van der Waals surface area (Å²) >= 11 is 1.30. The van der Waals surface area contributed by atoms with Gasteiger partial charge in [-0.1, -0.05) is 18.7 Å². The Labute approximate surface area is 138 Å². The molecule has 0 bridgehead atoms. The number of benzene rings is 1. The van der Waals surface area contributed by atoms with Gasteiger partial charge in [0.2, 0.25) is 5.91 Å². The molecule has 7 nitrogen and oxygen atoms in total. The summed E-state index contributed by atoms with van der Waals surface area (Å²) in [5, 5.41) is 11.1. The highest BCUT2D eigenvalue weighted by molar-refractivity contribution is 7.99.